The fourth-order valence-corrected chi connectivity index (χ4v) is 3.52. The summed E-state index contributed by atoms with van der Waals surface area (Å²) >= 11 is 5.12. The van der Waals surface area contributed by atoms with Gasteiger partial charge in [-0.3, -0.25) is 10.1 Å². The third-order valence-electron chi connectivity index (χ3n) is 4.99. The highest BCUT2D eigenvalue weighted by Gasteiger charge is 2.30. The lowest BCUT2D eigenvalue weighted by atomic mass is 9.80. The summed E-state index contributed by atoms with van der Waals surface area (Å²) in [5.41, 5.74) is 2.60. The van der Waals surface area contributed by atoms with Gasteiger partial charge < -0.3 is 20.2 Å². The number of carbonyl (C=O) groups excluding carboxylic acids is 2. The molecule has 2 aromatic carbocycles. The number of methoxy groups -OCH3 is 2. The molecule has 7 nitrogen and oxygen atoms in total. The molecular weight excluding hydrogens is 426 g/mol. The van der Waals surface area contributed by atoms with Crippen molar-refractivity contribution in [2.75, 3.05) is 14.2 Å². The molecule has 8 heteroatoms. The van der Waals surface area contributed by atoms with Gasteiger partial charge in [-0.25, -0.2) is 4.79 Å². The molecule has 0 aromatic heterocycles. The maximum absolute atomic E-state index is 13.2. The van der Waals surface area contributed by atoms with Crippen LogP contribution in [0.3, 0.4) is 0 Å². The summed E-state index contributed by atoms with van der Waals surface area (Å²) in [5.74, 6) is 0.0778. The second-order valence-corrected chi connectivity index (χ2v) is 7.39. The van der Waals surface area contributed by atoms with Crippen LogP contribution in [0.15, 0.2) is 78.0 Å². The maximum Gasteiger partial charge on any atom is 0.413 e. The van der Waals surface area contributed by atoms with Crippen molar-refractivity contribution in [2.24, 2.45) is 5.92 Å². The minimum atomic E-state index is -0.712. The number of hydrogen-bond acceptors (Lipinski definition) is 6. The molecule has 0 spiro atoms. The van der Waals surface area contributed by atoms with Crippen LogP contribution >= 0.6 is 12.2 Å². The zero-order valence-electron chi connectivity index (χ0n) is 17.7. The van der Waals surface area contributed by atoms with Crippen molar-refractivity contribution in [1.29, 1.82) is 5.41 Å². The smallest absolute Gasteiger partial charge is 0.413 e. The monoisotopic (exact) mass is 449 g/mol. The molecular formula is C24H23N3O4S. The van der Waals surface area contributed by atoms with Gasteiger partial charge in [0, 0.05) is 17.1 Å². The highest BCUT2D eigenvalue weighted by atomic mass is 32.1. The zero-order valence-corrected chi connectivity index (χ0v) is 18.5. The Morgan fingerprint density at radius 3 is 2.34 bits per heavy atom. The largest absolute Gasteiger partial charge is 0.497 e. The van der Waals surface area contributed by atoms with Gasteiger partial charge in [-0.1, -0.05) is 48.5 Å². The van der Waals surface area contributed by atoms with E-state index in [4.69, 9.17) is 22.4 Å². The number of hydrogen-bond donors (Lipinski definition) is 3. The fourth-order valence-electron chi connectivity index (χ4n) is 3.33. The van der Waals surface area contributed by atoms with Crippen LogP contribution in [-0.2, 0) is 11.2 Å². The summed E-state index contributed by atoms with van der Waals surface area (Å²) in [6, 6.07) is 16.5. The first-order valence-corrected chi connectivity index (χ1v) is 10.2. The molecule has 0 saturated heterocycles. The van der Waals surface area contributed by atoms with Gasteiger partial charge in [0.1, 0.15) is 5.75 Å². The van der Waals surface area contributed by atoms with Crippen molar-refractivity contribution in [2.45, 2.75) is 6.42 Å². The van der Waals surface area contributed by atoms with E-state index in [0.717, 1.165) is 11.3 Å². The van der Waals surface area contributed by atoms with Gasteiger partial charge in [-0.15, -0.1) is 0 Å². The van der Waals surface area contributed by atoms with E-state index < -0.39 is 12.0 Å². The molecule has 1 aliphatic carbocycles. The molecule has 3 N–H and O–H groups in total. The van der Waals surface area contributed by atoms with E-state index in [0.29, 0.717) is 23.3 Å². The van der Waals surface area contributed by atoms with Gasteiger partial charge in [0.05, 0.1) is 25.6 Å². The number of rotatable bonds is 6. The lowest BCUT2D eigenvalue weighted by molar-refractivity contribution is 0.102. The van der Waals surface area contributed by atoms with Crippen LogP contribution in [-0.4, -0.2) is 36.9 Å². The number of Topliss-reactive ketones (excluding diaryl/α,β-unsaturated/α-hetero) is 1. The number of allylic oxidation sites excluding steroid dienone is 4. The van der Waals surface area contributed by atoms with Crippen molar-refractivity contribution in [1.82, 2.24) is 10.6 Å². The third kappa shape index (κ3) is 5.47. The average molecular weight is 450 g/mol. The summed E-state index contributed by atoms with van der Waals surface area (Å²) in [4.78, 5) is 24.6. The van der Waals surface area contributed by atoms with Crippen LogP contribution in [0.2, 0.25) is 0 Å². The molecule has 0 fully saturated rings. The zero-order chi connectivity index (χ0) is 23.1. The second-order valence-electron chi connectivity index (χ2n) is 6.99. The summed E-state index contributed by atoms with van der Waals surface area (Å²) in [7, 11) is 2.83. The first kappa shape index (κ1) is 22.9. The molecule has 1 atom stereocenters. The van der Waals surface area contributed by atoms with Crippen LogP contribution in [0.1, 0.15) is 15.9 Å². The molecule has 0 radical (unpaired) electrons. The van der Waals surface area contributed by atoms with Crippen LogP contribution in [0, 0.1) is 11.3 Å². The maximum atomic E-state index is 13.2. The molecule has 0 bridgehead atoms. The summed E-state index contributed by atoms with van der Waals surface area (Å²) in [6.45, 7) is 0. The van der Waals surface area contributed by atoms with E-state index in [1.807, 2.05) is 30.3 Å². The Balaban J connectivity index is 1.90. The average Bonchev–Trinajstić information content (AvgIpc) is 2.82. The number of amides is 1. The number of ketones is 1. The topological polar surface area (TPSA) is 101 Å². The first-order valence-electron chi connectivity index (χ1n) is 9.82. The van der Waals surface area contributed by atoms with Gasteiger partial charge >= 0.3 is 6.09 Å². The minimum Gasteiger partial charge on any atom is -0.497 e. The van der Waals surface area contributed by atoms with Crippen molar-refractivity contribution in [3.8, 4) is 5.75 Å². The van der Waals surface area contributed by atoms with E-state index >= 15 is 0 Å². The van der Waals surface area contributed by atoms with Gasteiger partial charge in [0.2, 0.25) is 0 Å². The van der Waals surface area contributed by atoms with Crippen molar-refractivity contribution in [3.63, 3.8) is 0 Å². The minimum absolute atomic E-state index is 0.00211. The molecule has 1 aliphatic rings. The van der Waals surface area contributed by atoms with Gasteiger partial charge in [-0.2, -0.15) is 0 Å². The quantitative estimate of drug-likeness (QED) is 0.458. The predicted octanol–water partition coefficient (Wildman–Crippen LogP) is 3.81. The molecule has 32 heavy (non-hydrogen) atoms. The Morgan fingerprint density at radius 1 is 1.03 bits per heavy atom. The lowest BCUT2D eigenvalue weighted by Crippen LogP contribution is -2.42. The lowest BCUT2D eigenvalue weighted by Gasteiger charge is -2.26. The molecule has 164 valence electrons. The van der Waals surface area contributed by atoms with E-state index in [1.54, 1.807) is 43.5 Å². The van der Waals surface area contributed by atoms with Gasteiger partial charge in [0.25, 0.3) is 0 Å². The number of alkyl carbamates (subject to hydrolysis) is 1. The summed E-state index contributed by atoms with van der Waals surface area (Å²) in [6.07, 6.45) is 3.04. The standard InChI is InChI=1S/C24H23N3O4S/c1-30-17-10-8-15(9-11-17)14-19-18(22(28)16-6-4-3-5-7-16)12-13-20(21(19)25)26-23(32)27-24(29)31-2/h3-13,19,25H,14H2,1-2H3,(H2,26,27,29,32). The molecule has 0 aliphatic heterocycles. The normalized spacial score (nSPS) is 15.2. The van der Waals surface area contributed by atoms with E-state index in [1.165, 1.54) is 7.11 Å². The summed E-state index contributed by atoms with van der Waals surface area (Å²) in [5, 5.41) is 14.0. The number of benzene rings is 2. The van der Waals surface area contributed by atoms with E-state index in [-0.39, 0.29) is 16.6 Å². The SMILES string of the molecule is COC(=O)NC(=S)NC1=CC=C(C(=O)c2ccccc2)C(Cc2ccc(OC)cc2)C1=N. The van der Waals surface area contributed by atoms with Gasteiger partial charge in [-0.05, 0) is 42.4 Å². The molecule has 1 amide bonds. The third-order valence-corrected chi connectivity index (χ3v) is 5.19. The number of thiocarbonyl (C=S) groups is 1. The van der Waals surface area contributed by atoms with Crippen molar-refractivity contribution in [3.05, 3.63) is 89.1 Å². The Bertz CT molecular complexity index is 1090. The number of nitrogens with one attached hydrogen (secondary N) is 3. The number of carbonyl (C=O) groups is 2. The van der Waals surface area contributed by atoms with Crippen molar-refractivity contribution >= 4 is 34.9 Å². The Kier molecular flexibility index (Phi) is 7.51. The second kappa shape index (κ2) is 10.5. The fraction of sp³-hybridized carbons (Fsp3) is 0.167. The Morgan fingerprint density at radius 2 is 1.72 bits per heavy atom. The predicted molar refractivity (Wildman–Crippen MR) is 126 cm³/mol. The van der Waals surface area contributed by atoms with E-state index in [2.05, 4.69) is 15.4 Å². The number of ether oxygens (including phenoxy) is 2. The first-order chi connectivity index (χ1) is 15.4. The molecule has 0 heterocycles. The van der Waals surface area contributed by atoms with Gasteiger partial charge in [0.15, 0.2) is 10.9 Å². The van der Waals surface area contributed by atoms with Crippen LogP contribution in [0.4, 0.5) is 4.79 Å². The summed E-state index contributed by atoms with van der Waals surface area (Å²) < 4.78 is 9.75. The van der Waals surface area contributed by atoms with Crippen molar-refractivity contribution < 1.29 is 19.1 Å². The van der Waals surface area contributed by atoms with Crippen LogP contribution in [0.25, 0.3) is 0 Å². The van der Waals surface area contributed by atoms with Crippen LogP contribution < -0.4 is 15.4 Å². The van der Waals surface area contributed by atoms with E-state index in [9.17, 15) is 9.59 Å². The Hall–Kier alpha value is -3.78. The highest BCUT2D eigenvalue weighted by molar-refractivity contribution is 7.80. The highest BCUT2D eigenvalue weighted by Crippen LogP contribution is 2.28. The Labute approximate surface area is 191 Å². The molecule has 2 aromatic rings. The van der Waals surface area contributed by atoms with Crippen LogP contribution in [0.5, 0.6) is 5.75 Å². The molecule has 1 unspecified atom stereocenters. The molecule has 3 rings (SSSR count). The molecule has 0 saturated carbocycles.